The van der Waals surface area contributed by atoms with Crippen LogP contribution < -0.4 is 0 Å². The minimum absolute atomic E-state index is 0.478. The second kappa shape index (κ2) is 6.55. The van der Waals surface area contributed by atoms with Gasteiger partial charge in [-0.1, -0.05) is 37.6 Å². The lowest BCUT2D eigenvalue weighted by Gasteiger charge is -2.35. The summed E-state index contributed by atoms with van der Waals surface area (Å²) in [6, 6.07) is 5.92. The molecule has 1 unspecified atom stereocenters. The lowest BCUT2D eigenvalue weighted by molar-refractivity contribution is -0.106. The fourth-order valence-electron chi connectivity index (χ4n) is 2.36. The maximum atomic E-state index is 10.4. The van der Waals surface area contributed by atoms with Gasteiger partial charge in [0.2, 0.25) is 0 Å². The van der Waals surface area contributed by atoms with Crippen LogP contribution >= 0.6 is 11.6 Å². The molecule has 0 amide bonds. The second-order valence-corrected chi connectivity index (χ2v) is 5.20. The van der Waals surface area contributed by atoms with Crippen LogP contribution in [0.5, 0.6) is 0 Å². The van der Waals surface area contributed by atoms with Crippen LogP contribution in [-0.2, 0) is 11.2 Å². The monoisotopic (exact) mass is 270 g/mol. The van der Waals surface area contributed by atoms with E-state index in [1.165, 1.54) is 0 Å². The average Bonchev–Trinajstić information content (AvgIpc) is 2.36. The molecule has 0 bridgehead atoms. The maximum absolute atomic E-state index is 10.4. The quantitative estimate of drug-likeness (QED) is 0.853. The standard InChI is InChI=1S/C15H23ClO2/c1-5-15(6-2,18-4)14(17)10-12-8-7-11(3)9-13(12)16/h7-9,14,17H,5-6,10H2,1-4H3. The summed E-state index contributed by atoms with van der Waals surface area (Å²) in [5.74, 6) is 0. The Labute approximate surface area is 115 Å². The summed E-state index contributed by atoms with van der Waals surface area (Å²) in [7, 11) is 1.66. The molecule has 0 aliphatic heterocycles. The predicted molar refractivity (Wildman–Crippen MR) is 76.2 cm³/mol. The van der Waals surface area contributed by atoms with Crippen LogP contribution in [0, 0.1) is 6.92 Å². The Bertz CT molecular complexity index is 378. The van der Waals surface area contributed by atoms with Gasteiger partial charge >= 0.3 is 0 Å². The van der Waals surface area contributed by atoms with E-state index in [0.29, 0.717) is 11.4 Å². The SMILES string of the molecule is CCC(CC)(OC)C(O)Cc1ccc(C)cc1Cl. The highest BCUT2D eigenvalue weighted by Gasteiger charge is 2.34. The van der Waals surface area contributed by atoms with Crippen molar-refractivity contribution >= 4 is 11.6 Å². The summed E-state index contributed by atoms with van der Waals surface area (Å²) >= 11 is 6.20. The second-order valence-electron chi connectivity index (χ2n) is 4.79. The van der Waals surface area contributed by atoms with Gasteiger partial charge in [0.05, 0.1) is 11.7 Å². The van der Waals surface area contributed by atoms with Crippen LogP contribution in [0.3, 0.4) is 0 Å². The third-order valence-electron chi connectivity index (χ3n) is 3.83. The van der Waals surface area contributed by atoms with Crippen LogP contribution in [0.1, 0.15) is 37.8 Å². The number of rotatable bonds is 6. The Morgan fingerprint density at radius 1 is 1.33 bits per heavy atom. The lowest BCUT2D eigenvalue weighted by atomic mass is 9.86. The van der Waals surface area contributed by atoms with Gasteiger partial charge in [0, 0.05) is 18.6 Å². The summed E-state index contributed by atoms with van der Waals surface area (Å²) in [6.07, 6.45) is 1.54. The Balaban J connectivity index is 2.89. The smallest absolute Gasteiger partial charge is 0.0934 e. The molecule has 1 N–H and O–H groups in total. The average molecular weight is 271 g/mol. The predicted octanol–water partition coefficient (Wildman–Crippen LogP) is 3.76. The molecule has 1 aromatic carbocycles. The number of ether oxygens (including phenoxy) is 1. The van der Waals surface area contributed by atoms with Crippen LogP contribution in [0.4, 0.5) is 0 Å². The molecule has 0 aliphatic carbocycles. The molecule has 3 heteroatoms. The molecular weight excluding hydrogens is 248 g/mol. The fraction of sp³-hybridized carbons (Fsp3) is 0.600. The number of aliphatic hydroxyl groups is 1. The van der Waals surface area contributed by atoms with E-state index in [1.807, 2.05) is 39.0 Å². The van der Waals surface area contributed by atoms with Gasteiger partial charge in [-0.2, -0.15) is 0 Å². The van der Waals surface area contributed by atoms with Crippen molar-refractivity contribution in [2.45, 2.75) is 51.7 Å². The number of aryl methyl sites for hydroxylation is 1. The maximum Gasteiger partial charge on any atom is 0.0934 e. The zero-order chi connectivity index (χ0) is 13.8. The summed E-state index contributed by atoms with van der Waals surface area (Å²) in [5, 5.41) is 11.1. The van der Waals surface area contributed by atoms with Crippen molar-refractivity contribution < 1.29 is 9.84 Å². The normalized spacial score (nSPS) is 13.7. The van der Waals surface area contributed by atoms with Crippen molar-refractivity contribution in [3.63, 3.8) is 0 Å². The topological polar surface area (TPSA) is 29.5 Å². The number of halogens is 1. The molecule has 1 aromatic rings. The molecule has 0 spiro atoms. The molecule has 0 aliphatic rings. The molecule has 0 heterocycles. The molecule has 0 saturated carbocycles. The number of methoxy groups -OCH3 is 1. The number of aliphatic hydroxyl groups excluding tert-OH is 1. The van der Waals surface area contributed by atoms with E-state index in [0.717, 1.165) is 24.0 Å². The molecule has 0 radical (unpaired) electrons. The van der Waals surface area contributed by atoms with E-state index >= 15 is 0 Å². The number of benzene rings is 1. The van der Waals surface area contributed by atoms with Crippen molar-refractivity contribution in [2.24, 2.45) is 0 Å². The van der Waals surface area contributed by atoms with E-state index in [4.69, 9.17) is 16.3 Å². The van der Waals surface area contributed by atoms with Crippen molar-refractivity contribution in [3.8, 4) is 0 Å². The first-order valence-electron chi connectivity index (χ1n) is 6.47. The van der Waals surface area contributed by atoms with Crippen LogP contribution in [0.2, 0.25) is 5.02 Å². The number of hydrogen-bond acceptors (Lipinski definition) is 2. The first-order chi connectivity index (χ1) is 8.49. The van der Waals surface area contributed by atoms with Gasteiger partial charge in [0.25, 0.3) is 0 Å². The van der Waals surface area contributed by atoms with Gasteiger partial charge in [0.15, 0.2) is 0 Å². The first-order valence-corrected chi connectivity index (χ1v) is 6.85. The van der Waals surface area contributed by atoms with Gasteiger partial charge in [-0.15, -0.1) is 0 Å². The minimum Gasteiger partial charge on any atom is -0.390 e. The summed E-state index contributed by atoms with van der Waals surface area (Å²) in [5.41, 5.74) is 1.62. The molecule has 0 aromatic heterocycles. The van der Waals surface area contributed by atoms with E-state index in [9.17, 15) is 5.11 Å². The molecule has 102 valence electrons. The van der Waals surface area contributed by atoms with Crippen molar-refractivity contribution in [3.05, 3.63) is 34.3 Å². The zero-order valence-corrected chi connectivity index (χ0v) is 12.4. The largest absolute Gasteiger partial charge is 0.390 e. The highest BCUT2D eigenvalue weighted by molar-refractivity contribution is 6.31. The van der Waals surface area contributed by atoms with Gasteiger partial charge in [-0.3, -0.25) is 0 Å². The van der Waals surface area contributed by atoms with E-state index in [-0.39, 0.29) is 0 Å². The number of hydrogen-bond donors (Lipinski definition) is 1. The van der Waals surface area contributed by atoms with Gasteiger partial charge in [-0.25, -0.2) is 0 Å². The molecule has 1 rings (SSSR count). The third kappa shape index (κ3) is 3.25. The van der Waals surface area contributed by atoms with E-state index in [2.05, 4.69) is 0 Å². The Kier molecular flexibility index (Phi) is 5.64. The third-order valence-corrected chi connectivity index (χ3v) is 4.18. The summed E-state index contributed by atoms with van der Waals surface area (Å²) < 4.78 is 5.54. The fourth-order valence-corrected chi connectivity index (χ4v) is 2.67. The van der Waals surface area contributed by atoms with Crippen molar-refractivity contribution in [2.75, 3.05) is 7.11 Å². The molecule has 18 heavy (non-hydrogen) atoms. The van der Waals surface area contributed by atoms with Crippen LogP contribution in [-0.4, -0.2) is 23.9 Å². The highest BCUT2D eigenvalue weighted by atomic mass is 35.5. The van der Waals surface area contributed by atoms with E-state index < -0.39 is 11.7 Å². The van der Waals surface area contributed by atoms with Crippen molar-refractivity contribution in [1.29, 1.82) is 0 Å². The van der Waals surface area contributed by atoms with Gasteiger partial charge in [0.1, 0.15) is 0 Å². The Morgan fingerprint density at radius 3 is 2.39 bits per heavy atom. The van der Waals surface area contributed by atoms with Crippen LogP contribution in [0.15, 0.2) is 18.2 Å². The van der Waals surface area contributed by atoms with Gasteiger partial charge < -0.3 is 9.84 Å². The molecule has 0 fully saturated rings. The highest BCUT2D eigenvalue weighted by Crippen LogP contribution is 2.28. The summed E-state index contributed by atoms with van der Waals surface area (Å²) in [6.45, 7) is 6.07. The lowest BCUT2D eigenvalue weighted by Crippen LogP contribution is -2.44. The van der Waals surface area contributed by atoms with E-state index in [1.54, 1.807) is 7.11 Å². The molecule has 2 nitrogen and oxygen atoms in total. The minimum atomic E-state index is -0.544. The van der Waals surface area contributed by atoms with Gasteiger partial charge in [-0.05, 0) is 37.0 Å². The molecular formula is C15H23ClO2. The van der Waals surface area contributed by atoms with Crippen LogP contribution in [0.25, 0.3) is 0 Å². The Hall–Kier alpha value is -0.570. The Morgan fingerprint density at radius 2 is 1.94 bits per heavy atom. The molecule has 0 saturated heterocycles. The zero-order valence-electron chi connectivity index (χ0n) is 11.7. The first kappa shape index (κ1) is 15.5. The van der Waals surface area contributed by atoms with Crippen molar-refractivity contribution in [1.82, 2.24) is 0 Å². The molecule has 1 atom stereocenters. The summed E-state index contributed by atoms with van der Waals surface area (Å²) in [4.78, 5) is 0.